The van der Waals surface area contributed by atoms with Gasteiger partial charge in [0.05, 0.1) is 12.2 Å². The van der Waals surface area contributed by atoms with Crippen LogP contribution in [-0.4, -0.2) is 26.4 Å². The van der Waals surface area contributed by atoms with Gasteiger partial charge < -0.3 is 14.8 Å². The molecule has 0 bridgehead atoms. The van der Waals surface area contributed by atoms with Gasteiger partial charge in [-0.2, -0.15) is 0 Å². The Bertz CT molecular complexity index is 377. The van der Waals surface area contributed by atoms with Gasteiger partial charge in [0.1, 0.15) is 5.75 Å². The lowest BCUT2D eigenvalue weighted by atomic mass is 9.95. The van der Waals surface area contributed by atoms with Crippen LogP contribution < -0.4 is 10.1 Å². The van der Waals surface area contributed by atoms with Crippen LogP contribution in [0.2, 0.25) is 0 Å². The molecule has 3 heteroatoms. The zero-order chi connectivity index (χ0) is 14.3. The van der Waals surface area contributed by atoms with Crippen molar-refractivity contribution in [1.82, 2.24) is 5.32 Å². The third kappa shape index (κ3) is 5.21. The quantitative estimate of drug-likeness (QED) is 0.779. The van der Waals surface area contributed by atoms with Crippen molar-refractivity contribution in [2.24, 2.45) is 0 Å². The standard InChI is InChI=1S/C16H27NO2/c1-6-19-14-9-7-8-13(12-14)15(17-4)10-11-16(2,3)18-5/h7-9,12,15,17H,6,10-11H2,1-5H3. The second-order valence-corrected chi connectivity index (χ2v) is 5.35. The molecule has 0 aliphatic carbocycles. The minimum atomic E-state index is -0.0768. The zero-order valence-electron chi connectivity index (χ0n) is 12.8. The van der Waals surface area contributed by atoms with Crippen molar-refractivity contribution in [3.8, 4) is 5.75 Å². The lowest BCUT2D eigenvalue weighted by Gasteiger charge is -2.26. The fourth-order valence-corrected chi connectivity index (χ4v) is 2.06. The van der Waals surface area contributed by atoms with E-state index in [1.807, 2.05) is 26.1 Å². The highest BCUT2D eigenvalue weighted by Crippen LogP contribution is 2.26. The zero-order valence-corrected chi connectivity index (χ0v) is 12.8. The van der Waals surface area contributed by atoms with E-state index < -0.39 is 0 Å². The monoisotopic (exact) mass is 265 g/mol. The summed E-state index contributed by atoms with van der Waals surface area (Å²) >= 11 is 0. The highest BCUT2D eigenvalue weighted by molar-refractivity contribution is 5.30. The number of benzene rings is 1. The van der Waals surface area contributed by atoms with E-state index in [1.165, 1.54) is 5.56 Å². The van der Waals surface area contributed by atoms with E-state index >= 15 is 0 Å². The van der Waals surface area contributed by atoms with Crippen LogP contribution in [-0.2, 0) is 4.74 Å². The number of rotatable bonds is 8. The summed E-state index contributed by atoms with van der Waals surface area (Å²) in [5.74, 6) is 0.936. The molecule has 1 atom stereocenters. The van der Waals surface area contributed by atoms with Crippen molar-refractivity contribution in [3.05, 3.63) is 29.8 Å². The molecule has 108 valence electrons. The molecule has 0 radical (unpaired) electrons. The fraction of sp³-hybridized carbons (Fsp3) is 0.625. The third-order valence-electron chi connectivity index (χ3n) is 3.51. The topological polar surface area (TPSA) is 30.5 Å². The molecule has 0 heterocycles. The molecule has 19 heavy (non-hydrogen) atoms. The molecule has 1 aromatic carbocycles. The Morgan fingerprint density at radius 1 is 1.32 bits per heavy atom. The molecule has 1 aromatic rings. The summed E-state index contributed by atoms with van der Waals surface area (Å²) in [6.07, 6.45) is 2.04. The molecule has 0 aliphatic heterocycles. The maximum Gasteiger partial charge on any atom is 0.119 e. The summed E-state index contributed by atoms with van der Waals surface area (Å²) < 4.78 is 11.0. The van der Waals surface area contributed by atoms with Gasteiger partial charge >= 0.3 is 0 Å². The van der Waals surface area contributed by atoms with Crippen molar-refractivity contribution in [2.75, 3.05) is 20.8 Å². The van der Waals surface area contributed by atoms with E-state index in [2.05, 4.69) is 31.3 Å². The molecule has 0 amide bonds. The Morgan fingerprint density at radius 3 is 2.63 bits per heavy atom. The number of ether oxygens (including phenoxy) is 2. The number of hydrogen-bond donors (Lipinski definition) is 1. The highest BCUT2D eigenvalue weighted by atomic mass is 16.5. The molecule has 0 saturated carbocycles. The van der Waals surface area contributed by atoms with Crippen molar-refractivity contribution >= 4 is 0 Å². The van der Waals surface area contributed by atoms with Crippen molar-refractivity contribution < 1.29 is 9.47 Å². The first kappa shape index (κ1) is 16.0. The minimum Gasteiger partial charge on any atom is -0.494 e. The van der Waals surface area contributed by atoms with Crippen LogP contribution in [0.3, 0.4) is 0 Å². The van der Waals surface area contributed by atoms with Crippen LogP contribution in [0.25, 0.3) is 0 Å². The second kappa shape index (κ2) is 7.51. The number of nitrogens with one attached hydrogen (secondary N) is 1. The lowest BCUT2D eigenvalue weighted by molar-refractivity contribution is 0.0118. The molecule has 1 N–H and O–H groups in total. The fourth-order valence-electron chi connectivity index (χ4n) is 2.06. The van der Waals surface area contributed by atoms with Crippen molar-refractivity contribution in [3.63, 3.8) is 0 Å². The van der Waals surface area contributed by atoms with Gasteiger partial charge in [-0.1, -0.05) is 12.1 Å². The van der Waals surface area contributed by atoms with Crippen LogP contribution >= 0.6 is 0 Å². The predicted octanol–water partition coefficient (Wildman–Crippen LogP) is 3.55. The largest absolute Gasteiger partial charge is 0.494 e. The Labute approximate surface area is 117 Å². The molecule has 0 spiro atoms. The van der Waals surface area contributed by atoms with E-state index in [0.717, 1.165) is 18.6 Å². The number of hydrogen-bond acceptors (Lipinski definition) is 3. The highest BCUT2D eigenvalue weighted by Gasteiger charge is 2.19. The normalized spacial score (nSPS) is 13.3. The maximum atomic E-state index is 5.56. The van der Waals surface area contributed by atoms with Crippen LogP contribution in [0, 0.1) is 0 Å². The SMILES string of the molecule is CCOc1cccc(C(CCC(C)(C)OC)NC)c1. The van der Waals surface area contributed by atoms with E-state index in [9.17, 15) is 0 Å². The molecule has 1 unspecified atom stereocenters. The average Bonchev–Trinajstić information content (AvgIpc) is 2.40. The molecule has 0 saturated heterocycles. The molecular weight excluding hydrogens is 238 g/mol. The van der Waals surface area contributed by atoms with Gasteiger partial charge in [0.25, 0.3) is 0 Å². The van der Waals surface area contributed by atoms with Crippen LogP contribution in [0.4, 0.5) is 0 Å². The first-order valence-corrected chi connectivity index (χ1v) is 6.97. The summed E-state index contributed by atoms with van der Waals surface area (Å²) in [5.41, 5.74) is 1.19. The van der Waals surface area contributed by atoms with Crippen LogP contribution in [0.1, 0.15) is 45.2 Å². The van der Waals surface area contributed by atoms with Gasteiger partial charge in [0, 0.05) is 13.2 Å². The summed E-state index contributed by atoms with van der Waals surface area (Å²) in [7, 11) is 3.77. The summed E-state index contributed by atoms with van der Waals surface area (Å²) in [6.45, 7) is 6.94. The second-order valence-electron chi connectivity index (χ2n) is 5.35. The molecular formula is C16H27NO2. The van der Waals surface area contributed by atoms with Gasteiger partial charge in [-0.15, -0.1) is 0 Å². The molecule has 0 aromatic heterocycles. The Kier molecular flexibility index (Phi) is 6.32. The summed E-state index contributed by atoms with van der Waals surface area (Å²) in [5, 5.41) is 3.37. The first-order chi connectivity index (χ1) is 9.02. The maximum absolute atomic E-state index is 5.56. The van der Waals surface area contributed by atoms with Crippen LogP contribution in [0.5, 0.6) is 5.75 Å². The van der Waals surface area contributed by atoms with Gasteiger partial charge in [-0.3, -0.25) is 0 Å². The Morgan fingerprint density at radius 2 is 2.05 bits per heavy atom. The van der Waals surface area contributed by atoms with Crippen molar-refractivity contribution in [1.29, 1.82) is 0 Å². The third-order valence-corrected chi connectivity index (χ3v) is 3.51. The minimum absolute atomic E-state index is 0.0768. The summed E-state index contributed by atoms with van der Waals surface area (Å²) in [6, 6.07) is 8.63. The predicted molar refractivity (Wildman–Crippen MR) is 79.7 cm³/mol. The van der Waals surface area contributed by atoms with E-state index in [1.54, 1.807) is 7.11 Å². The van der Waals surface area contributed by atoms with Crippen molar-refractivity contribution in [2.45, 2.75) is 45.3 Å². The number of methoxy groups -OCH3 is 1. The Hall–Kier alpha value is -1.06. The van der Waals surface area contributed by atoms with Gasteiger partial charge in [-0.25, -0.2) is 0 Å². The molecule has 3 nitrogen and oxygen atoms in total. The summed E-state index contributed by atoms with van der Waals surface area (Å²) in [4.78, 5) is 0. The van der Waals surface area contributed by atoms with E-state index in [0.29, 0.717) is 12.6 Å². The van der Waals surface area contributed by atoms with E-state index in [4.69, 9.17) is 9.47 Å². The van der Waals surface area contributed by atoms with Gasteiger partial charge in [-0.05, 0) is 58.4 Å². The lowest BCUT2D eigenvalue weighted by Crippen LogP contribution is -2.26. The molecule has 0 aliphatic rings. The van der Waals surface area contributed by atoms with E-state index in [-0.39, 0.29) is 5.60 Å². The Balaban J connectivity index is 2.71. The van der Waals surface area contributed by atoms with Crippen LogP contribution in [0.15, 0.2) is 24.3 Å². The molecule has 1 rings (SSSR count). The average molecular weight is 265 g/mol. The smallest absolute Gasteiger partial charge is 0.119 e. The molecule has 0 fully saturated rings. The van der Waals surface area contributed by atoms with Gasteiger partial charge in [0.2, 0.25) is 0 Å². The first-order valence-electron chi connectivity index (χ1n) is 6.97. The van der Waals surface area contributed by atoms with Gasteiger partial charge in [0.15, 0.2) is 0 Å².